The summed E-state index contributed by atoms with van der Waals surface area (Å²) in [5.41, 5.74) is 1.84. The second-order valence-corrected chi connectivity index (χ2v) is 4.54. The van der Waals surface area contributed by atoms with Gasteiger partial charge in [-0.2, -0.15) is 0 Å². The Morgan fingerprint density at radius 1 is 1.37 bits per heavy atom. The van der Waals surface area contributed by atoms with Crippen LogP contribution in [-0.2, 0) is 11.2 Å². The van der Waals surface area contributed by atoms with Crippen molar-refractivity contribution in [3.8, 4) is 0 Å². The Labute approximate surface area is 110 Å². The van der Waals surface area contributed by atoms with Gasteiger partial charge in [0.2, 0.25) is 0 Å². The minimum atomic E-state index is -1.31. The van der Waals surface area contributed by atoms with Crippen molar-refractivity contribution in [3.05, 3.63) is 29.8 Å². The summed E-state index contributed by atoms with van der Waals surface area (Å²) in [6.07, 6.45) is -0.407. The number of aliphatic carboxylic acids is 1. The van der Waals surface area contributed by atoms with Crippen LogP contribution in [0, 0.1) is 0 Å². The van der Waals surface area contributed by atoms with E-state index in [1.165, 1.54) is 11.8 Å². The number of nitrogens with one attached hydrogen (secondary N) is 1. The lowest BCUT2D eigenvalue weighted by Gasteiger charge is -2.22. The summed E-state index contributed by atoms with van der Waals surface area (Å²) in [6, 6.07) is 5.68. The fourth-order valence-corrected chi connectivity index (χ4v) is 2.15. The van der Waals surface area contributed by atoms with Gasteiger partial charge < -0.3 is 15.5 Å². The minimum Gasteiger partial charge on any atom is -0.480 e. The maximum atomic E-state index is 12.1. The largest absolute Gasteiger partial charge is 0.480 e. The Balaban J connectivity index is 2.12. The number of aliphatic hydroxyl groups excluding tert-OH is 1. The Kier molecular flexibility index (Phi) is 3.71. The fraction of sp³-hybridized carbons (Fsp3) is 0.385. The van der Waals surface area contributed by atoms with E-state index in [9.17, 15) is 14.7 Å². The molecular weight excluding hydrogens is 248 g/mol. The predicted molar refractivity (Wildman–Crippen MR) is 69.1 cm³/mol. The van der Waals surface area contributed by atoms with Gasteiger partial charge in [0, 0.05) is 12.2 Å². The second kappa shape index (κ2) is 5.27. The third-order valence-electron chi connectivity index (χ3n) is 3.16. The summed E-state index contributed by atoms with van der Waals surface area (Å²) in [5.74, 6) is -1.25. The van der Waals surface area contributed by atoms with E-state index in [1.54, 1.807) is 0 Å². The molecule has 1 aromatic carbocycles. The highest BCUT2D eigenvalue weighted by molar-refractivity contribution is 5.96. The molecule has 0 saturated heterocycles. The van der Waals surface area contributed by atoms with Crippen LogP contribution in [0.25, 0.3) is 0 Å². The number of carbonyl (C=O) groups excluding carboxylic acids is 1. The van der Waals surface area contributed by atoms with E-state index in [1.807, 2.05) is 24.3 Å². The highest BCUT2D eigenvalue weighted by Gasteiger charge is 2.30. The first-order chi connectivity index (χ1) is 9.00. The van der Waals surface area contributed by atoms with Gasteiger partial charge in [-0.15, -0.1) is 0 Å². The molecule has 102 valence electrons. The van der Waals surface area contributed by atoms with Crippen molar-refractivity contribution in [1.82, 2.24) is 5.32 Å². The predicted octanol–water partition coefficient (Wildman–Crippen LogP) is 0.593. The van der Waals surface area contributed by atoms with Gasteiger partial charge in [0.1, 0.15) is 0 Å². The molecule has 6 nitrogen and oxygen atoms in total. The van der Waals surface area contributed by atoms with Crippen molar-refractivity contribution in [1.29, 1.82) is 0 Å². The molecule has 0 spiro atoms. The average molecular weight is 264 g/mol. The third kappa shape index (κ3) is 2.68. The highest BCUT2D eigenvalue weighted by Crippen LogP contribution is 2.27. The Morgan fingerprint density at radius 3 is 2.68 bits per heavy atom. The lowest BCUT2D eigenvalue weighted by molar-refractivity contribution is -0.141. The quantitative estimate of drug-likeness (QED) is 0.745. The normalized spacial score (nSPS) is 16.6. The van der Waals surface area contributed by atoms with Crippen LogP contribution >= 0.6 is 0 Å². The number of amides is 2. The molecule has 0 aliphatic carbocycles. The number of benzene rings is 1. The van der Waals surface area contributed by atoms with E-state index in [2.05, 4.69) is 5.32 Å². The summed E-state index contributed by atoms with van der Waals surface area (Å²) >= 11 is 0. The molecule has 0 saturated carbocycles. The number of urea groups is 1. The SMILES string of the molecule is C[C@@H](O)[C@H](NC(=O)N1CCc2ccccc21)C(=O)O. The van der Waals surface area contributed by atoms with E-state index in [0.717, 1.165) is 17.7 Å². The molecule has 3 N–H and O–H groups in total. The molecular formula is C13H16N2O4. The smallest absolute Gasteiger partial charge is 0.328 e. The number of hydrogen-bond acceptors (Lipinski definition) is 3. The monoisotopic (exact) mass is 264 g/mol. The van der Waals surface area contributed by atoms with Crippen LogP contribution < -0.4 is 10.2 Å². The molecule has 1 heterocycles. The van der Waals surface area contributed by atoms with E-state index in [0.29, 0.717) is 6.54 Å². The molecule has 0 bridgehead atoms. The molecule has 19 heavy (non-hydrogen) atoms. The van der Waals surface area contributed by atoms with Crippen molar-refractivity contribution >= 4 is 17.7 Å². The summed E-state index contributed by atoms with van der Waals surface area (Å²) < 4.78 is 0. The maximum Gasteiger partial charge on any atom is 0.328 e. The highest BCUT2D eigenvalue weighted by atomic mass is 16.4. The summed E-state index contributed by atoms with van der Waals surface area (Å²) in [4.78, 5) is 24.5. The number of carboxylic acid groups (broad SMARTS) is 1. The van der Waals surface area contributed by atoms with Crippen LogP contribution in [-0.4, -0.2) is 40.9 Å². The number of hydrogen-bond donors (Lipinski definition) is 3. The zero-order chi connectivity index (χ0) is 14.0. The van der Waals surface area contributed by atoms with E-state index in [-0.39, 0.29) is 0 Å². The van der Waals surface area contributed by atoms with Gasteiger partial charge in [-0.1, -0.05) is 18.2 Å². The molecule has 2 atom stereocenters. The van der Waals surface area contributed by atoms with Gasteiger partial charge in [-0.05, 0) is 25.0 Å². The van der Waals surface area contributed by atoms with Gasteiger partial charge in [-0.25, -0.2) is 9.59 Å². The van der Waals surface area contributed by atoms with Crippen molar-refractivity contribution in [2.75, 3.05) is 11.4 Å². The molecule has 0 fully saturated rings. The topological polar surface area (TPSA) is 89.9 Å². The van der Waals surface area contributed by atoms with Crippen molar-refractivity contribution < 1.29 is 19.8 Å². The lowest BCUT2D eigenvalue weighted by atomic mass is 10.2. The fourth-order valence-electron chi connectivity index (χ4n) is 2.15. The number of nitrogens with zero attached hydrogens (tertiary/aromatic N) is 1. The molecule has 2 amide bonds. The van der Waals surface area contributed by atoms with E-state index >= 15 is 0 Å². The Hall–Kier alpha value is -2.08. The molecule has 2 rings (SSSR count). The van der Waals surface area contributed by atoms with Crippen LogP contribution in [0.1, 0.15) is 12.5 Å². The van der Waals surface area contributed by atoms with Crippen LogP contribution in [0.3, 0.4) is 0 Å². The zero-order valence-corrected chi connectivity index (χ0v) is 10.5. The number of carbonyl (C=O) groups is 2. The summed E-state index contributed by atoms with van der Waals surface area (Å²) in [6.45, 7) is 1.84. The van der Waals surface area contributed by atoms with Crippen LogP contribution in [0.5, 0.6) is 0 Å². The van der Waals surface area contributed by atoms with Gasteiger partial charge in [0.15, 0.2) is 6.04 Å². The molecule has 0 radical (unpaired) electrons. The number of para-hydroxylation sites is 1. The number of carboxylic acids is 1. The van der Waals surface area contributed by atoms with E-state index < -0.39 is 24.1 Å². The zero-order valence-electron chi connectivity index (χ0n) is 10.5. The van der Waals surface area contributed by atoms with Gasteiger partial charge in [0.25, 0.3) is 0 Å². The molecule has 6 heteroatoms. The standard InChI is InChI=1S/C13H16N2O4/c1-8(16)11(12(17)18)14-13(19)15-7-6-9-4-2-3-5-10(9)15/h2-5,8,11,16H,6-7H2,1H3,(H,14,19)(H,17,18)/t8-,11+/m1/s1. The molecule has 1 aliphatic heterocycles. The van der Waals surface area contributed by atoms with Crippen LogP contribution in [0.2, 0.25) is 0 Å². The molecule has 1 aromatic rings. The van der Waals surface area contributed by atoms with Crippen molar-refractivity contribution in [3.63, 3.8) is 0 Å². The first-order valence-corrected chi connectivity index (χ1v) is 6.07. The summed E-state index contributed by atoms with van der Waals surface area (Å²) in [7, 11) is 0. The number of aliphatic hydroxyl groups is 1. The molecule has 0 unspecified atom stereocenters. The first-order valence-electron chi connectivity index (χ1n) is 6.07. The van der Waals surface area contributed by atoms with Crippen LogP contribution in [0.15, 0.2) is 24.3 Å². The number of anilines is 1. The molecule has 1 aliphatic rings. The average Bonchev–Trinajstić information content (AvgIpc) is 2.78. The Bertz CT molecular complexity index is 501. The van der Waals surface area contributed by atoms with E-state index in [4.69, 9.17) is 5.11 Å². The van der Waals surface area contributed by atoms with Gasteiger partial charge >= 0.3 is 12.0 Å². The van der Waals surface area contributed by atoms with Crippen molar-refractivity contribution in [2.45, 2.75) is 25.5 Å². The van der Waals surface area contributed by atoms with Gasteiger partial charge in [-0.3, -0.25) is 4.90 Å². The first kappa shape index (κ1) is 13.4. The maximum absolute atomic E-state index is 12.1. The summed E-state index contributed by atoms with van der Waals surface area (Å²) in [5, 5.41) is 20.6. The number of fused-ring (bicyclic) bond motifs is 1. The number of rotatable bonds is 3. The lowest BCUT2D eigenvalue weighted by Crippen LogP contribution is -2.52. The van der Waals surface area contributed by atoms with Gasteiger partial charge in [0.05, 0.1) is 6.10 Å². The van der Waals surface area contributed by atoms with Crippen molar-refractivity contribution in [2.24, 2.45) is 0 Å². The minimum absolute atomic E-state index is 0.502. The Morgan fingerprint density at radius 2 is 2.05 bits per heavy atom. The second-order valence-electron chi connectivity index (χ2n) is 4.54. The molecule has 0 aromatic heterocycles. The van der Waals surface area contributed by atoms with Crippen LogP contribution in [0.4, 0.5) is 10.5 Å². The third-order valence-corrected chi connectivity index (χ3v) is 3.16.